The Morgan fingerprint density at radius 3 is 2.43 bits per heavy atom. The van der Waals surface area contributed by atoms with Crippen LogP contribution in [0, 0.1) is 0 Å². The summed E-state index contributed by atoms with van der Waals surface area (Å²) in [5.74, 6) is 3.71. The van der Waals surface area contributed by atoms with Crippen LogP contribution in [0.25, 0.3) is 11.0 Å². The summed E-state index contributed by atoms with van der Waals surface area (Å²) in [7, 11) is 0. The van der Waals surface area contributed by atoms with E-state index in [1.807, 2.05) is 11.8 Å². The van der Waals surface area contributed by atoms with Crippen LogP contribution in [0.1, 0.15) is 40.5 Å². The molecule has 0 amide bonds. The highest BCUT2D eigenvalue weighted by atomic mass is 35.5. The average molecular weight is 422 g/mol. The maximum Gasteiger partial charge on any atom is 0.225 e. The van der Waals surface area contributed by atoms with Crippen LogP contribution in [-0.4, -0.2) is 61.7 Å². The molecule has 2 aromatic heterocycles. The van der Waals surface area contributed by atoms with Crippen molar-refractivity contribution in [2.45, 2.75) is 57.7 Å². The van der Waals surface area contributed by atoms with Crippen LogP contribution in [0.3, 0.4) is 0 Å². The number of rotatable bonds is 3. The van der Waals surface area contributed by atoms with Gasteiger partial charge in [0.2, 0.25) is 5.28 Å². The molecular weight excluding hydrogens is 394 g/mol. The average Bonchev–Trinajstić information content (AvgIpc) is 2.60. The zero-order valence-corrected chi connectivity index (χ0v) is 18.5. The standard InChI is InChI=1S/C19H28ClN7S/c1-18(2)9-12(10-19(3,4)26-18)23-15-13-14(21-11-22-15)16(25-17(20)24-13)27-5-7-28-8-6-27/h11-12,26H,5-10H2,1-4H3,(H,21,22,23). The van der Waals surface area contributed by atoms with Crippen LogP contribution in [0.4, 0.5) is 11.6 Å². The predicted molar refractivity (Wildman–Crippen MR) is 118 cm³/mol. The van der Waals surface area contributed by atoms with E-state index in [-0.39, 0.29) is 22.4 Å². The lowest BCUT2D eigenvalue weighted by Gasteiger charge is -2.46. The minimum Gasteiger partial charge on any atom is -0.365 e. The summed E-state index contributed by atoms with van der Waals surface area (Å²) in [6, 6.07) is 0.285. The number of thioether (sulfide) groups is 1. The van der Waals surface area contributed by atoms with Gasteiger partial charge in [0.1, 0.15) is 17.4 Å². The van der Waals surface area contributed by atoms with Crippen molar-refractivity contribution in [3.8, 4) is 0 Å². The summed E-state index contributed by atoms with van der Waals surface area (Å²) in [5, 5.41) is 7.59. The molecule has 0 unspecified atom stereocenters. The van der Waals surface area contributed by atoms with Crippen LogP contribution < -0.4 is 15.5 Å². The predicted octanol–water partition coefficient (Wildman–Crippen LogP) is 3.35. The second-order valence-electron chi connectivity index (χ2n) is 8.98. The smallest absolute Gasteiger partial charge is 0.225 e. The van der Waals surface area contributed by atoms with Crippen molar-refractivity contribution >= 4 is 46.0 Å². The first-order valence-corrected chi connectivity index (χ1v) is 11.3. The van der Waals surface area contributed by atoms with Crippen LogP contribution in [-0.2, 0) is 0 Å². The Bertz CT molecular complexity index is 851. The number of hydrogen-bond donors (Lipinski definition) is 2. The number of piperidine rings is 1. The summed E-state index contributed by atoms with van der Waals surface area (Å²) in [6.45, 7) is 10.9. The fraction of sp³-hybridized carbons (Fsp3) is 0.684. The van der Waals surface area contributed by atoms with Gasteiger partial charge in [-0.05, 0) is 52.1 Å². The monoisotopic (exact) mass is 421 g/mol. The highest BCUT2D eigenvalue weighted by Crippen LogP contribution is 2.33. The molecule has 0 spiro atoms. The molecule has 0 saturated carbocycles. The molecule has 2 aliphatic heterocycles. The van der Waals surface area contributed by atoms with Gasteiger partial charge in [-0.3, -0.25) is 0 Å². The van der Waals surface area contributed by atoms with E-state index in [0.29, 0.717) is 5.52 Å². The molecule has 152 valence electrons. The van der Waals surface area contributed by atoms with E-state index in [0.717, 1.165) is 54.6 Å². The number of halogens is 1. The summed E-state index contributed by atoms with van der Waals surface area (Å²) in [6.07, 6.45) is 3.59. The number of nitrogens with one attached hydrogen (secondary N) is 2. The van der Waals surface area contributed by atoms with Crippen molar-refractivity contribution in [3.63, 3.8) is 0 Å². The summed E-state index contributed by atoms with van der Waals surface area (Å²) >= 11 is 8.26. The third-order valence-corrected chi connectivity index (χ3v) is 6.39. The molecule has 2 saturated heterocycles. The number of fused-ring (bicyclic) bond motifs is 1. The molecular formula is C19H28ClN7S. The highest BCUT2D eigenvalue weighted by Gasteiger charge is 2.38. The second kappa shape index (κ2) is 7.46. The lowest BCUT2D eigenvalue weighted by atomic mass is 9.79. The molecule has 2 N–H and O–H groups in total. The normalized spacial score (nSPS) is 22.4. The third kappa shape index (κ3) is 4.28. The van der Waals surface area contributed by atoms with E-state index in [9.17, 15) is 0 Å². The van der Waals surface area contributed by atoms with Crippen LogP contribution >= 0.6 is 23.4 Å². The van der Waals surface area contributed by atoms with Crippen molar-refractivity contribution in [2.24, 2.45) is 0 Å². The van der Waals surface area contributed by atoms with Gasteiger partial charge in [-0.15, -0.1) is 0 Å². The third-order valence-electron chi connectivity index (χ3n) is 5.28. The summed E-state index contributed by atoms with van der Waals surface area (Å²) in [5.41, 5.74) is 1.56. The van der Waals surface area contributed by atoms with Crippen LogP contribution in [0.2, 0.25) is 5.28 Å². The summed E-state index contributed by atoms with van der Waals surface area (Å²) < 4.78 is 0. The van der Waals surface area contributed by atoms with Gasteiger partial charge in [0.25, 0.3) is 0 Å². The molecule has 2 aliphatic rings. The van der Waals surface area contributed by atoms with E-state index < -0.39 is 0 Å². The number of anilines is 2. The van der Waals surface area contributed by atoms with Crippen LogP contribution in [0.15, 0.2) is 6.33 Å². The first kappa shape index (κ1) is 19.9. The van der Waals surface area contributed by atoms with Crippen LogP contribution in [0.5, 0.6) is 0 Å². The molecule has 9 heteroatoms. The number of hydrogen-bond acceptors (Lipinski definition) is 8. The van der Waals surface area contributed by atoms with Gasteiger partial charge in [-0.1, -0.05) is 0 Å². The zero-order chi connectivity index (χ0) is 19.9. The molecule has 0 aromatic carbocycles. The van der Waals surface area contributed by atoms with Crippen molar-refractivity contribution < 1.29 is 0 Å². The second-order valence-corrected chi connectivity index (χ2v) is 10.5. The molecule has 0 bridgehead atoms. The molecule has 0 radical (unpaired) electrons. The number of aromatic nitrogens is 4. The van der Waals surface area contributed by atoms with E-state index >= 15 is 0 Å². The largest absolute Gasteiger partial charge is 0.365 e. The Morgan fingerprint density at radius 2 is 1.75 bits per heavy atom. The maximum atomic E-state index is 6.30. The Kier molecular flexibility index (Phi) is 5.31. The summed E-state index contributed by atoms with van der Waals surface area (Å²) in [4.78, 5) is 20.3. The van der Waals surface area contributed by atoms with Gasteiger partial charge in [0.15, 0.2) is 11.6 Å². The molecule has 7 nitrogen and oxygen atoms in total. The molecule has 0 atom stereocenters. The Labute approximate surface area is 175 Å². The Balaban J connectivity index is 1.69. The molecule has 2 fully saturated rings. The van der Waals surface area contributed by atoms with Gasteiger partial charge in [-0.25, -0.2) is 15.0 Å². The van der Waals surface area contributed by atoms with Gasteiger partial charge >= 0.3 is 0 Å². The zero-order valence-electron chi connectivity index (χ0n) is 16.9. The van der Waals surface area contributed by atoms with Gasteiger partial charge < -0.3 is 15.5 Å². The van der Waals surface area contributed by atoms with E-state index in [1.54, 1.807) is 6.33 Å². The van der Waals surface area contributed by atoms with E-state index in [2.05, 4.69) is 63.2 Å². The minimum atomic E-state index is 0.0471. The maximum absolute atomic E-state index is 6.30. The topological polar surface area (TPSA) is 78.9 Å². The fourth-order valence-corrected chi connectivity index (χ4v) is 5.69. The first-order valence-electron chi connectivity index (χ1n) is 9.79. The quantitative estimate of drug-likeness (QED) is 0.730. The molecule has 4 heterocycles. The van der Waals surface area contributed by atoms with E-state index in [1.165, 1.54) is 0 Å². The SMILES string of the molecule is CC1(C)CC(Nc2ncnc3c(N4CCSCC4)nc(Cl)nc23)CC(C)(C)N1. The van der Waals surface area contributed by atoms with Crippen molar-refractivity contribution in [1.29, 1.82) is 0 Å². The minimum absolute atomic E-state index is 0.0471. The van der Waals surface area contributed by atoms with Crippen molar-refractivity contribution in [1.82, 2.24) is 25.3 Å². The van der Waals surface area contributed by atoms with Crippen molar-refractivity contribution in [3.05, 3.63) is 11.6 Å². The lowest BCUT2D eigenvalue weighted by Crippen LogP contribution is -2.60. The highest BCUT2D eigenvalue weighted by molar-refractivity contribution is 7.99. The Morgan fingerprint density at radius 1 is 1.07 bits per heavy atom. The molecule has 4 rings (SSSR count). The van der Waals surface area contributed by atoms with E-state index in [4.69, 9.17) is 11.6 Å². The van der Waals surface area contributed by atoms with Crippen molar-refractivity contribution in [2.75, 3.05) is 34.8 Å². The molecule has 0 aliphatic carbocycles. The molecule has 2 aromatic rings. The lowest BCUT2D eigenvalue weighted by molar-refractivity contribution is 0.170. The number of nitrogens with zero attached hydrogens (tertiary/aromatic N) is 5. The fourth-order valence-electron chi connectivity index (χ4n) is 4.62. The van der Waals surface area contributed by atoms with Gasteiger partial charge in [0.05, 0.1) is 0 Å². The van der Waals surface area contributed by atoms with Gasteiger partial charge in [-0.2, -0.15) is 16.7 Å². The molecule has 28 heavy (non-hydrogen) atoms. The van der Waals surface area contributed by atoms with Gasteiger partial charge in [0, 0.05) is 41.7 Å². The Hall–Kier alpha value is -1.38. The first-order chi connectivity index (χ1) is 13.2.